The van der Waals surface area contributed by atoms with Crippen molar-refractivity contribution < 1.29 is 26.7 Å². The van der Waals surface area contributed by atoms with Gasteiger partial charge in [0.25, 0.3) is 0 Å². The molecule has 0 bridgehead atoms. The fourth-order valence-electron chi connectivity index (χ4n) is 1.16. The second-order valence-electron chi connectivity index (χ2n) is 2.87. The third-order valence-electron chi connectivity index (χ3n) is 1.79. The van der Waals surface area contributed by atoms with Crippen LogP contribution in [0.15, 0.2) is 24.3 Å². The van der Waals surface area contributed by atoms with Crippen LogP contribution in [0.5, 0.6) is 0 Å². The van der Waals surface area contributed by atoms with Crippen molar-refractivity contribution in [2.24, 2.45) is 0 Å². The van der Waals surface area contributed by atoms with Gasteiger partial charge in [-0.25, -0.2) is 8.42 Å². The molecule has 0 aliphatic rings. The number of alkyl halides is 3. The highest BCUT2D eigenvalue weighted by molar-refractivity contribution is 7.70. The molecule has 0 radical (unpaired) electrons. The molecule has 4 nitrogen and oxygen atoms in total. The summed E-state index contributed by atoms with van der Waals surface area (Å²) in [6.07, 6.45) is -6.55. The Bertz CT molecular complexity index is 436. The largest absolute Gasteiger partial charge is 0.416 e. The summed E-state index contributed by atoms with van der Waals surface area (Å²) in [4.78, 5) is 0. The number of benzene rings is 1. The Morgan fingerprint density at radius 2 is 1.81 bits per heavy atom. The zero-order valence-electron chi connectivity index (χ0n) is 7.73. The molecule has 0 amide bonds. The first-order chi connectivity index (χ1) is 7.32. The van der Waals surface area contributed by atoms with Crippen LogP contribution in [-0.4, -0.2) is 13.5 Å². The fraction of sp³-hybridized carbons (Fsp3) is 0.250. The number of aliphatic hydroxyl groups is 1. The highest BCUT2D eigenvalue weighted by atomic mass is 32.2. The van der Waals surface area contributed by atoms with Crippen LogP contribution in [0, 0.1) is 0 Å². The molecular weight excluding hydrogens is 247 g/mol. The van der Waals surface area contributed by atoms with Crippen molar-refractivity contribution in [1.29, 1.82) is 0 Å². The molecule has 90 valence electrons. The van der Waals surface area contributed by atoms with Crippen molar-refractivity contribution in [2.75, 3.05) is 0 Å². The van der Waals surface area contributed by atoms with E-state index in [1.807, 2.05) is 0 Å². The quantitative estimate of drug-likeness (QED) is 0.553. The van der Waals surface area contributed by atoms with E-state index in [0.29, 0.717) is 0 Å². The van der Waals surface area contributed by atoms with Gasteiger partial charge in [0.05, 0.1) is 5.56 Å². The molecule has 16 heavy (non-hydrogen) atoms. The van der Waals surface area contributed by atoms with Gasteiger partial charge in [-0.1, -0.05) is 18.2 Å². The molecule has 0 saturated heterocycles. The molecule has 0 saturated carbocycles. The van der Waals surface area contributed by atoms with Crippen molar-refractivity contribution in [3.63, 3.8) is 0 Å². The first-order valence-electron chi connectivity index (χ1n) is 4.07. The first-order valence-corrected chi connectivity index (χ1v) is 5.25. The third-order valence-corrected chi connectivity index (χ3v) is 2.24. The predicted octanol–water partition coefficient (Wildman–Crippen LogP) is 0.812. The molecule has 0 aliphatic heterocycles. The Morgan fingerprint density at radius 1 is 1.25 bits per heavy atom. The highest BCUT2D eigenvalue weighted by Crippen LogP contribution is 2.33. The maximum Gasteiger partial charge on any atom is 0.416 e. The average molecular weight is 255 g/mol. The molecular formula is C8H8F3NO3S. The van der Waals surface area contributed by atoms with Gasteiger partial charge < -0.3 is 5.11 Å². The maximum absolute atomic E-state index is 12.5. The van der Waals surface area contributed by atoms with E-state index >= 15 is 0 Å². The molecule has 1 unspecified atom stereocenters. The standard InChI is InChI=1S/C8H8F3NO3S/c9-8(10,11)6-4-2-1-3-5(6)7(13)12-16(14)15/h1-4,7,13,16H,(H,12,14,15). The van der Waals surface area contributed by atoms with Crippen LogP contribution in [0.1, 0.15) is 17.4 Å². The summed E-state index contributed by atoms with van der Waals surface area (Å²) in [7, 11) is -3.18. The smallest absolute Gasteiger partial charge is 0.373 e. The number of rotatable bonds is 3. The van der Waals surface area contributed by atoms with E-state index in [1.54, 1.807) is 4.72 Å². The van der Waals surface area contributed by atoms with E-state index in [9.17, 15) is 26.7 Å². The summed E-state index contributed by atoms with van der Waals surface area (Å²) in [5.74, 6) is 0. The normalized spacial score (nSPS) is 14.1. The Kier molecular flexibility index (Phi) is 3.89. The second-order valence-corrected chi connectivity index (χ2v) is 3.65. The lowest BCUT2D eigenvalue weighted by Gasteiger charge is -2.15. The van der Waals surface area contributed by atoms with Crippen LogP contribution in [-0.2, 0) is 17.1 Å². The van der Waals surface area contributed by atoms with Crippen molar-refractivity contribution in [3.05, 3.63) is 35.4 Å². The molecule has 1 aromatic rings. The van der Waals surface area contributed by atoms with Gasteiger partial charge in [-0.15, -0.1) is 0 Å². The third kappa shape index (κ3) is 3.19. The summed E-state index contributed by atoms with van der Waals surface area (Å²) in [6.45, 7) is 0. The van der Waals surface area contributed by atoms with Gasteiger partial charge in [-0.2, -0.15) is 17.9 Å². The summed E-state index contributed by atoms with van der Waals surface area (Å²) < 4.78 is 59.4. The maximum atomic E-state index is 12.5. The van der Waals surface area contributed by atoms with E-state index in [1.165, 1.54) is 6.07 Å². The minimum Gasteiger partial charge on any atom is -0.373 e. The Morgan fingerprint density at radius 3 is 2.31 bits per heavy atom. The summed E-state index contributed by atoms with van der Waals surface area (Å²) in [5.41, 5.74) is -1.61. The van der Waals surface area contributed by atoms with E-state index < -0.39 is 34.4 Å². The van der Waals surface area contributed by atoms with Crippen molar-refractivity contribution >= 4 is 10.9 Å². The van der Waals surface area contributed by atoms with Crippen molar-refractivity contribution in [2.45, 2.75) is 12.4 Å². The van der Waals surface area contributed by atoms with Gasteiger partial charge in [-0.05, 0) is 6.07 Å². The number of hydrogen-bond acceptors (Lipinski definition) is 3. The summed E-state index contributed by atoms with van der Waals surface area (Å²) in [6, 6.07) is 4.18. The van der Waals surface area contributed by atoms with Crippen LogP contribution < -0.4 is 4.72 Å². The minimum absolute atomic E-state index is 0.533. The molecule has 0 aliphatic carbocycles. The van der Waals surface area contributed by atoms with Crippen molar-refractivity contribution in [3.8, 4) is 0 Å². The first kappa shape index (κ1) is 12.9. The summed E-state index contributed by atoms with van der Waals surface area (Å²) >= 11 is 0. The number of hydrogen-bond donors (Lipinski definition) is 3. The van der Waals surface area contributed by atoms with E-state index in [2.05, 4.69) is 0 Å². The van der Waals surface area contributed by atoms with Gasteiger partial charge in [0.15, 0.2) is 0 Å². The number of aliphatic hydroxyl groups excluding tert-OH is 1. The molecule has 0 spiro atoms. The molecule has 2 N–H and O–H groups in total. The van der Waals surface area contributed by atoms with Gasteiger partial charge in [-0.3, -0.25) is 0 Å². The molecule has 1 atom stereocenters. The zero-order valence-corrected chi connectivity index (χ0v) is 8.63. The van der Waals surface area contributed by atoms with E-state index in [-0.39, 0.29) is 0 Å². The van der Waals surface area contributed by atoms with E-state index in [4.69, 9.17) is 0 Å². The molecule has 1 rings (SSSR count). The van der Waals surface area contributed by atoms with Gasteiger partial charge in [0.2, 0.25) is 10.9 Å². The molecule has 0 aromatic heterocycles. The fourth-order valence-corrected chi connectivity index (χ4v) is 1.50. The Balaban J connectivity index is 3.13. The molecule has 1 aromatic carbocycles. The van der Waals surface area contributed by atoms with Crippen LogP contribution in [0.4, 0.5) is 13.2 Å². The molecule has 0 heterocycles. The van der Waals surface area contributed by atoms with E-state index in [0.717, 1.165) is 18.2 Å². The monoisotopic (exact) mass is 255 g/mol. The Hall–Kier alpha value is -1.12. The second kappa shape index (κ2) is 4.81. The number of thiol groups is 1. The van der Waals surface area contributed by atoms with Crippen LogP contribution in [0.2, 0.25) is 0 Å². The average Bonchev–Trinajstić information content (AvgIpc) is 2.15. The predicted molar refractivity (Wildman–Crippen MR) is 49.9 cm³/mol. The van der Waals surface area contributed by atoms with Gasteiger partial charge >= 0.3 is 6.18 Å². The van der Waals surface area contributed by atoms with Gasteiger partial charge in [0.1, 0.15) is 6.23 Å². The highest BCUT2D eigenvalue weighted by Gasteiger charge is 2.34. The van der Waals surface area contributed by atoms with Gasteiger partial charge in [0, 0.05) is 5.56 Å². The SMILES string of the molecule is O=[SH](=O)NC(O)c1ccccc1C(F)(F)F. The minimum atomic E-state index is -4.65. The summed E-state index contributed by atoms with van der Waals surface area (Å²) in [5, 5.41) is 9.24. The lowest BCUT2D eigenvalue weighted by Crippen LogP contribution is -2.22. The van der Waals surface area contributed by atoms with Crippen LogP contribution >= 0.6 is 0 Å². The van der Waals surface area contributed by atoms with Crippen LogP contribution in [0.3, 0.4) is 0 Å². The Labute approximate surface area is 90.8 Å². The zero-order chi connectivity index (χ0) is 12.3. The lowest BCUT2D eigenvalue weighted by atomic mass is 10.1. The number of halogens is 3. The lowest BCUT2D eigenvalue weighted by molar-refractivity contribution is -0.139. The molecule has 0 fully saturated rings. The topological polar surface area (TPSA) is 66.4 Å². The van der Waals surface area contributed by atoms with Crippen molar-refractivity contribution in [1.82, 2.24) is 4.72 Å². The molecule has 8 heteroatoms. The van der Waals surface area contributed by atoms with Crippen LogP contribution in [0.25, 0.3) is 0 Å². The number of nitrogens with one attached hydrogen (secondary N) is 1.